The Balaban J connectivity index is 1.35. The Bertz CT molecular complexity index is 2690. The van der Waals surface area contributed by atoms with Crippen molar-refractivity contribution >= 4 is 60.8 Å². The number of unbranched alkanes of at least 4 members (excludes halogenated alkanes) is 4. The Hall–Kier alpha value is -5.92. The first-order chi connectivity index (χ1) is 27.5. The molecule has 2 aromatic heterocycles. The average molecular weight is 756 g/mol. The second-order valence-electron chi connectivity index (χ2n) is 14.4. The van der Waals surface area contributed by atoms with Gasteiger partial charge in [-0.25, -0.2) is 18.4 Å². The minimum atomic E-state index is -4.05. The number of pyridine rings is 1. The highest BCUT2D eigenvalue weighted by atomic mass is 32.2. The summed E-state index contributed by atoms with van der Waals surface area (Å²) in [4.78, 5) is 13.1. The van der Waals surface area contributed by atoms with Crippen molar-refractivity contribution in [1.82, 2.24) is 9.97 Å². The zero-order chi connectivity index (χ0) is 38.5. The van der Waals surface area contributed by atoms with E-state index in [4.69, 9.17) is 9.97 Å². The molecule has 6 aromatic rings. The number of anilines is 1. The normalized spacial score (nSPS) is 15.5. The Labute approximate surface area is 330 Å². The summed E-state index contributed by atoms with van der Waals surface area (Å²) >= 11 is 0. The van der Waals surface area contributed by atoms with Gasteiger partial charge in [0.15, 0.2) is 0 Å². The Morgan fingerprint density at radius 1 is 0.661 bits per heavy atom. The van der Waals surface area contributed by atoms with E-state index in [1.165, 1.54) is 0 Å². The Morgan fingerprint density at radius 3 is 2.16 bits per heavy atom. The highest BCUT2D eigenvalue weighted by Gasteiger charge is 2.37. The number of sulfone groups is 1. The van der Waals surface area contributed by atoms with E-state index >= 15 is 8.42 Å². The highest BCUT2D eigenvalue weighted by molar-refractivity contribution is 7.96. The summed E-state index contributed by atoms with van der Waals surface area (Å²) < 4.78 is 32.5. The standard InChI is InChI=1S/C49H47N4O2S/c1-3-5-16-34-52-38(28-26-36-18-10-14-24-45(36)52)30-32-41-47-48(51-44-23-13-12-22-43(44)50-47)42(49(41)56(54,55)40-20-8-7-9-21-40)33-31-39-29-27-37-19-11-15-25-46(37)53(39)35-17-6-4-2/h7-15,18-33H,3-6,16-17,34-35H2,1-2H3/q+1. The van der Waals surface area contributed by atoms with Gasteiger partial charge >= 0.3 is 0 Å². The first-order valence-electron chi connectivity index (χ1n) is 19.9. The zero-order valence-electron chi connectivity index (χ0n) is 32.1. The van der Waals surface area contributed by atoms with E-state index in [0.717, 1.165) is 85.2 Å². The summed E-state index contributed by atoms with van der Waals surface area (Å²) in [5.41, 5.74) is 9.04. The molecule has 4 aromatic carbocycles. The third kappa shape index (κ3) is 7.27. The molecule has 6 nitrogen and oxygen atoms in total. The Morgan fingerprint density at radius 2 is 1.36 bits per heavy atom. The number of benzene rings is 4. The maximum Gasteiger partial charge on any atom is 0.212 e. The summed E-state index contributed by atoms with van der Waals surface area (Å²) in [6, 6.07) is 37.6. The number of rotatable bonds is 13. The molecule has 56 heavy (non-hydrogen) atoms. The lowest BCUT2D eigenvalue weighted by atomic mass is 10.0. The largest absolute Gasteiger partial charge is 0.341 e. The molecule has 0 bridgehead atoms. The average Bonchev–Trinajstić information content (AvgIpc) is 3.54. The van der Waals surface area contributed by atoms with Crippen molar-refractivity contribution in [3.05, 3.63) is 173 Å². The first kappa shape index (κ1) is 37.0. The van der Waals surface area contributed by atoms with Crippen molar-refractivity contribution in [3.63, 3.8) is 0 Å². The van der Waals surface area contributed by atoms with E-state index in [1.54, 1.807) is 24.3 Å². The lowest BCUT2D eigenvalue weighted by Gasteiger charge is -2.30. The molecule has 0 saturated carbocycles. The molecule has 280 valence electrons. The number of aromatic nitrogens is 3. The second kappa shape index (κ2) is 16.4. The van der Waals surface area contributed by atoms with Crippen LogP contribution in [-0.4, -0.2) is 24.9 Å². The molecule has 0 N–H and O–H groups in total. The number of aryl methyl sites for hydroxylation is 1. The third-order valence-electron chi connectivity index (χ3n) is 10.7. The van der Waals surface area contributed by atoms with Gasteiger partial charge in [-0.15, -0.1) is 0 Å². The van der Waals surface area contributed by atoms with Crippen molar-refractivity contribution < 1.29 is 13.0 Å². The predicted octanol–water partition coefficient (Wildman–Crippen LogP) is 11.2. The van der Waals surface area contributed by atoms with Crippen LogP contribution in [-0.2, 0) is 16.4 Å². The van der Waals surface area contributed by atoms with Crippen LogP contribution in [0.3, 0.4) is 0 Å². The third-order valence-corrected chi connectivity index (χ3v) is 12.5. The number of hydrogen-bond donors (Lipinski definition) is 0. The van der Waals surface area contributed by atoms with Crippen molar-refractivity contribution in [2.24, 2.45) is 0 Å². The van der Waals surface area contributed by atoms with Gasteiger partial charge in [0.1, 0.15) is 6.54 Å². The van der Waals surface area contributed by atoms with Gasteiger partial charge in [-0.2, -0.15) is 4.57 Å². The summed E-state index contributed by atoms with van der Waals surface area (Å²) in [5.74, 6) is 0. The molecule has 0 unspecified atom stereocenters. The maximum atomic E-state index is 15.1. The molecule has 0 amide bonds. The molecule has 0 spiro atoms. The van der Waals surface area contributed by atoms with Crippen LogP contribution in [0.1, 0.15) is 75.0 Å². The molecule has 7 heteroatoms. The molecule has 0 saturated heterocycles. The van der Waals surface area contributed by atoms with Gasteiger partial charge in [-0.05, 0) is 85.2 Å². The van der Waals surface area contributed by atoms with Crippen LogP contribution in [0.5, 0.6) is 0 Å². The van der Waals surface area contributed by atoms with Crippen LogP contribution < -0.4 is 9.47 Å². The quantitative estimate of drug-likeness (QED) is 0.0867. The van der Waals surface area contributed by atoms with Crippen LogP contribution in [0.2, 0.25) is 0 Å². The van der Waals surface area contributed by atoms with Gasteiger partial charge in [0, 0.05) is 59.1 Å². The van der Waals surface area contributed by atoms with E-state index in [-0.39, 0.29) is 9.80 Å². The van der Waals surface area contributed by atoms with Gasteiger partial charge in [0.05, 0.1) is 32.2 Å². The van der Waals surface area contributed by atoms with E-state index in [0.29, 0.717) is 33.6 Å². The second-order valence-corrected chi connectivity index (χ2v) is 16.3. The predicted molar refractivity (Wildman–Crippen MR) is 231 cm³/mol. The summed E-state index contributed by atoms with van der Waals surface area (Å²) in [5, 5.41) is 1.16. The van der Waals surface area contributed by atoms with Gasteiger partial charge < -0.3 is 4.90 Å². The monoisotopic (exact) mass is 755 g/mol. The number of fused-ring (bicyclic) bond motifs is 4. The van der Waals surface area contributed by atoms with Gasteiger partial charge in [-0.3, -0.25) is 0 Å². The Kier molecular flexibility index (Phi) is 10.9. The summed E-state index contributed by atoms with van der Waals surface area (Å²) in [6.45, 7) is 6.14. The molecule has 2 aliphatic rings. The van der Waals surface area contributed by atoms with Crippen molar-refractivity contribution in [3.8, 4) is 0 Å². The smallest absolute Gasteiger partial charge is 0.212 e. The highest BCUT2D eigenvalue weighted by Crippen LogP contribution is 2.46. The molecule has 0 fully saturated rings. The number of para-hydroxylation sites is 4. The minimum absolute atomic E-state index is 0.207. The van der Waals surface area contributed by atoms with Crippen molar-refractivity contribution in [1.29, 1.82) is 0 Å². The minimum Gasteiger partial charge on any atom is -0.341 e. The van der Waals surface area contributed by atoms with Gasteiger partial charge in [0.2, 0.25) is 21.0 Å². The number of hydrogen-bond acceptors (Lipinski definition) is 5. The van der Waals surface area contributed by atoms with Crippen LogP contribution in [0.25, 0.3) is 45.2 Å². The molecular formula is C49H47N4O2S+. The molecule has 3 heterocycles. The molecule has 1 aliphatic heterocycles. The molecule has 8 rings (SSSR count). The maximum absolute atomic E-state index is 15.1. The fourth-order valence-electron chi connectivity index (χ4n) is 7.78. The van der Waals surface area contributed by atoms with Crippen LogP contribution in [0.15, 0.2) is 155 Å². The topological polar surface area (TPSA) is 67.0 Å². The fraction of sp³-hybridized carbons (Fsp3) is 0.204. The fourth-order valence-corrected chi connectivity index (χ4v) is 9.44. The summed E-state index contributed by atoms with van der Waals surface area (Å²) in [6.07, 6.45) is 18.8. The molecule has 0 radical (unpaired) electrons. The van der Waals surface area contributed by atoms with E-state index in [1.807, 2.05) is 54.6 Å². The SMILES string of the molecule is CCCCCN1/C(=C/C=C2C(S(=O)(=O)c3ccccc3)=C(/C=C/c3ccc4ccccc4[n+]3CCCCC)c3nc4ccccc4nc3/2)C=Cc2ccccc21. The van der Waals surface area contributed by atoms with E-state index < -0.39 is 9.84 Å². The lowest BCUT2D eigenvalue weighted by molar-refractivity contribution is -0.673. The van der Waals surface area contributed by atoms with Crippen molar-refractivity contribution in [2.45, 2.75) is 63.8 Å². The molecule has 1 aliphatic carbocycles. The number of allylic oxidation sites excluding steroid dienone is 6. The lowest BCUT2D eigenvalue weighted by Crippen LogP contribution is -2.38. The van der Waals surface area contributed by atoms with E-state index in [2.05, 4.69) is 96.1 Å². The first-order valence-corrected chi connectivity index (χ1v) is 21.3. The van der Waals surface area contributed by atoms with E-state index in [9.17, 15) is 0 Å². The van der Waals surface area contributed by atoms with Crippen LogP contribution in [0.4, 0.5) is 5.69 Å². The van der Waals surface area contributed by atoms with Gasteiger partial charge in [0.25, 0.3) is 0 Å². The van der Waals surface area contributed by atoms with Crippen LogP contribution in [0, 0.1) is 0 Å². The number of nitrogens with zero attached hydrogens (tertiary/aromatic N) is 4. The summed E-state index contributed by atoms with van der Waals surface area (Å²) in [7, 11) is -4.05. The molecular weight excluding hydrogens is 709 g/mol. The molecule has 0 atom stereocenters. The van der Waals surface area contributed by atoms with Crippen molar-refractivity contribution in [2.75, 3.05) is 11.4 Å². The zero-order valence-corrected chi connectivity index (χ0v) is 32.9. The van der Waals surface area contributed by atoms with Crippen LogP contribution >= 0.6 is 0 Å². The van der Waals surface area contributed by atoms with Gasteiger partial charge in [-0.1, -0.05) is 99.8 Å².